The Morgan fingerprint density at radius 2 is 1.91 bits per heavy atom. The molecule has 0 spiro atoms. The second-order valence-electron chi connectivity index (χ2n) is 9.25. The van der Waals surface area contributed by atoms with E-state index in [9.17, 15) is 9.90 Å². The minimum Gasteiger partial charge on any atom is -0.478 e. The predicted octanol–water partition coefficient (Wildman–Crippen LogP) is 5.42. The van der Waals surface area contributed by atoms with Gasteiger partial charge in [0.15, 0.2) is 0 Å². The van der Waals surface area contributed by atoms with Crippen LogP contribution in [-0.4, -0.2) is 42.5 Å². The lowest BCUT2D eigenvalue weighted by Crippen LogP contribution is -2.29. The molecule has 6 heteroatoms. The number of pyridine rings is 1. The zero-order valence-corrected chi connectivity index (χ0v) is 19.1. The van der Waals surface area contributed by atoms with Crippen molar-refractivity contribution in [1.29, 1.82) is 0 Å². The number of para-hydroxylation sites is 1. The fourth-order valence-electron chi connectivity index (χ4n) is 4.98. The van der Waals surface area contributed by atoms with Crippen LogP contribution in [0, 0.1) is 6.92 Å². The molecule has 5 rings (SSSR count). The van der Waals surface area contributed by atoms with Gasteiger partial charge in [0.05, 0.1) is 36.6 Å². The quantitative estimate of drug-likeness (QED) is 0.526. The van der Waals surface area contributed by atoms with Gasteiger partial charge < -0.3 is 19.9 Å². The molecule has 33 heavy (non-hydrogen) atoms. The Bertz CT molecular complexity index is 1180. The van der Waals surface area contributed by atoms with Crippen LogP contribution in [0.5, 0.6) is 0 Å². The largest absolute Gasteiger partial charge is 0.478 e. The summed E-state index contributed by atoms with van der Waals surface area (Å²) in [5.74, 6) is -0.252. The molecule has 0 saturated carbocycles. The number of nitrogens with one attached hydrogen (secondary N) is 1. The fourth-order valence-corrected chi connectivity index (χ4v) is 4.98. The van der Waals surface area contributed by atoms with Crippen LogP contribution in [0.1, 0.15) is 70.4 Å². The Hall–Kier alpha value is -2.96. The molecule has 2 atom stereocenters. The molecule has 1 aromatic heterocycles. The Labute approximate surface area is 193 Å². The van der Waals surface area contributed by atoms with E-state index in [1.807, 2.05) is 12.1 Å². The number of anilines is 1. The number of aromatic nitrogens is 1. The minimum atomic E-state index is -0.937. The zero-order chi connectivity index (χ0) is 22.9. The summed E-state index contributed by atoms with van der Waals surface area (Å²) >= 11 is 0. The number of carboxylic acids is 1. The van der Waals surface area contributed by atoms with Crippen molar-refractivity contribution in [1.82, 2.24) is 4.98 Å². The Morgan fingerprint density at radius 3 is 2.61 bits per heavy atom. The van der Waals surface area contributed by atoms with Gasteiger partial charge in [-0.05, 0) is 67.6 Å². The molecule has 3 heterocycles. The normalized spacial score (nSPS) is 19.8. The van der Waals surface area contributed by atoms with Gasteiger partial charge in [-0.1, -0.05) is 18.2 Å². The number of carboxylic acid groups (broad SMARTS) is 1. The van der Waals surface area contributed by atoms with E-state index in [4.69, 9.17) is 14.5 Å². The van der Waals surface area contributed by atoms with Crippen molar-refractivity contribution in [2.45, 2.75) is 44.6 Å². The van der Waals surface area contributed by atoms with Crippen molar-refractivity contribution in [3.05, 3.63) is 70.4 Å². The number of hydrogen-bond acceptors (Lipinski definition) is 5. The summed E-state index contributed by atoms with van der Waals surface area (Å²) < 4.78 is 11.3. The molecule has 3 aromatic rings. The van der Waals surface area contributed by atoms with Gasteiger partial charge in [0.2, 0.25) is 0 Å². The average molecular weight is 447 g/mol. The van der Waals surface area contributed by atoms with Crippen molar-refractivity contribution < 1.29 is 19.4 Å². The Morgan fingerprint density at radius 1 is 1.12 bits per heavy atom. The van der Waals surface area contributed by atoms with Gasteiger partial charge in [-0.2, -0.15) is 0 Å². The summed E-state index contributed by atoms with van der Waals surface area (Å²) in [5.41, 5.74) is 6.54. The van der Waals surface area contributed by atoms with E-state index in [-0.39, 0.29) is 11.6 Å². The van der Waals surface area contributed by atoms with Crippen molar-refractivity contribution in [2.75, 3.05) is 31.7 Å². The summed E-state index contributed by atoms with van der Waals surface area (Å²) in [6.07, 6.45) is 2.17. The SMILES string of the molecule is Cc1cc(C(C)Nc2ccccc2C(=O)O)c2cc(C3CCCOC3)c(C3COC3)nc2c1. The maximum Gasteiger partial charge on any atom is 0.337 e. The van der Waals surface area contributed by atoms with Crippen molar-refractivity contribution in [3.63, 3.8) is 0 Å². The molecular formula is C27H30N2O4. The molecule has 0 radical (unpaired) electrons. The molecule has 2 saturated heterocycles. The van der Waals surface area contributed by atoms with Crippen LogP contribution >= 0.6 is 0 Å². The summed E-state index contributed by atoms with van der Waals surface area (Å²) in [5, 5.41) is 14.1. The second-order valence-corrected chi connectivity index (χ2v) is 9.25. The van der Waals surface area contributed by atoms with Crippen LogP contribution in [0.15, 0.2) is 42.5 Å². The third-order valence-corrected chi connectivity index (χ3v) is 6.79. The molecular weight excluding hydrogens is 416 g/mol. The lowest BCUT2D eigenvalue weighted by molar-refractivity contribution is 0.00566. The second kappa shape index (κ2) is 9.12. The highest BCUT2D eigenvalue weighted by molar-refractivity contribution is 5.94. The van der Waals surface area contributed by atoms with E-state index in [0.717, 1.165) is 67.0 Å². The zero-order valence-electron chi connectivity index (χ0n) is 19.1. The molecule has 0 amide bonds. The highest BCUT2D eigenvalue weighted by Gasteiger charge is 2.30. The lowest BCUT2D eigenvalue weighted by Gasteiger charge is -2.32. The van der Waals surface area contributed by atoms with E-state index in [2.05, 4.69) is 37.4 Å². The predicted molar refractivity (Wildman–Crippen MR) is 128 cm³/mol. The van der Waals surface area contributed by atoms with Crippen LogP contribution < -0.4 is 5.32 Å². The number of ether oxygens (including phenoxy) is 2. The average Bonchev–Trinajstić information content (AvgIpc) is 2.77. The first-order valence-corrected chi connectivity index (χ1v) is 11.7. The first kappa shape index (κ1) is 21.9. The van der Waals surface area contributed by atoms with Gasteiger partial charge in [0.25, 0.3) is 0 Å². The molecule has 6 nitrogen and oxygen atoms in total. The third kappa shape index (κ3) is 4.33. The number of benzene rings is 2. The Kier molecular flexibility index (Phi) is 6.04. The maximum atomic E-state index is 11.7. The molecule has 2 aromatic carbocycles. The van der Waals surface area contributed by atoms with Crippen LogP contribution in [0.2, 0.25) is 0 Å². The number of nitrogens with zero attached hydrogens (tertiary/aromatic N) is 1. The fraction of sp³-hybridized carbons (Fsp3) is 0.407. The van der Waals surface area contributed by atoms with Crippen LogP contribution in [-0.2, 0) is 9.47 Å². The van der Waals surface area contributed by atoms with E-state index in [0.29, 0.717) is 17.5 Å². The summed E-state index contributed by atoms with van der Waals surface area (Å²) in [6, 6.07) is 13.6. The molecule has 0 aliphatic carbocycles. The monoisotopic (exact) mass is 446 g/mol. The molecule has 2 N–H and O–H groups in total. The standard InChI is InChI=1S/C27H30N2O4/c1-16-10-21(17(2)28-24-8-4-3-7-20(24)27(30)31)23-12-22(18-6-5-9-32-13-18)26(19-14-33-15-19)29-25(23)11-16/h3-4,7-8,10-12,17-19,28H,5-6,9,13-15H2,1-2H3,(H,30,31). The highest BCUT2D eigenvalue weighted by atomic mass is 16.5. The first-order chi connectivity index (χ1) is 16.0. The summed E-state index contributed by atoms with van der Waals surface area (Å²) in [6.45, 7) is 7.16. The summed E-state index contributed by atoms with van der Waals surface area (Å²) in [7, 11) is 0. The number of aromatic carboxylic acids is 1. The van der Waals surface area contributed by atoms with E-state index in [1.165, 1.54) is 5.56 Å². The van der Waals surface area contributed by atoms with Gasteiger partial charge in [-0.25, -0.2) is 4.79 Å². The van der Waals surface area contributed by atoms with Crippen LogP contribution in [0.25, 0.3) is 10.9 Å². The highest BCUT2D eigenvalue weighted by Crippen LogP contribution is 2.38. The Balaban J connectivity index is 1.59. The molecule has 0 bridgehead atoms. The lowest BCUT2D eigenvalue weighted by atomic mass is 9.85. The smallest absolute Gasteiger partial charge is 0.337 e. The number of aryl methyl sites for hydroxylation is 1. The minimum absolute atomic E-state index is 0.0944. The van der Waals surface area contributed by atoms with E-state index < -0.39 is 5.97 Å². The van der Waals surface area contributed by atoms with Gasteiger partial charge in [-0.3, -0.25) is 4.98 Å². The number of rotatable bonds is 6. The maximum absolute atomic E-state index is 11.7. The number of fused-ring (bicyclic) bond motifs is 1. The molecule has 2 fully saturated rings. The molecule has 172 valence electrons. The van der Waals surface area contributed by atoms with Crippen molar-refractivity contribution >= 4 is 22.6 Å². The van der Waals surface area contributed by atoms with E-state index in [1.54, 1.807) is 12.1 Å². The number of carbonyl (C=O) groups is 1. The van der Waals surface area contributed by atoms with Gasteiger partial charge in [-0.15, -0.1) is 0 Å². The van der Waals surface area contributed by atoms with Crippen LogP contribution in [0.3, 0.4) is 0 Å². The first-order valence-electron chi connectivity index (χ1n) is 11.7. The van der Waals surface area contributed by atoms with Crippen LogP contribution in [0.4, 0.5) is 5.69 Å². The third-order valence-electron chi connectivity index (χ3n) is 6.79. The van der Waals surface area contributed by atoms with Crippen molar-refractivity contribution in [2.24, 2.45) is 0 Å². The van der Waals surface area contributed by atoms with Gasteiger partial charge in [0.1, 0.15) is 0 Å². The molecule has 2 aliphatic rings. The van der Waals surface area contributed by atoms with Crippen molar-refractivity contribution in [3.8, 4) is 0 Å². The number of hydrogen-bond donors (Lipinski definition) is 2. The van der Waals surface area contributed by atoms with Gasteiger partial charge >= 0.3 is 5.97 Å². The topological polar surface area (TPSA) is 80.7 Å². The van der Waals surface area contributed by atoms with E-state index >= 15 is 0 Å². The summed E-state index contributed by atoms with van der Waals surface area (Å²) in [4.78, 5) is 16.9. The molecule has 2 aliphatic heterocycles. The van der Waals surface area contributed by atoms with Gasteiger partial charge in [0, 0.05) is 35.6 Å². The molecule has 2 unspecified atom stereocenters.